The van der Waals surface area contributed by atoms with E-state index in [1.54, 1.807) is 0 Å². The summed E-state index contributed by atoms with van der Waals surface area (Å²) in [6.45, 7) is 26.9. The second-order valence-electron chi connectivity index (χ2n) is 8.82. The highest BCUT2D eigenvalue weighted by Gasteiger charge is 2.54. The molecule has 6 heteroatoms. The van der Waals surface area contributed by atoms with Crippen LogP contribution in [0.3, 0.4) is 0 Å². The van der Waals surface area contributed by atoms with E-state index >= 15 is 0 Å². The summed E-state index contributed by atoms with van der Waals surface area (Å²) in [7, 11) is -3.89. The van der Waals surface area contributed by atoms with Gasteiger partial charge in [-0.2, -0.15) is 18.7 Å². The maximum absolute atomic E-state index is 2.75. The van der Waals surface area contributed by atoms with Crippen LogP contribution in [0.1, 0.15) is 55.4 Å². The van der Waals surface area contributed by atoms with Crippen molar-refractivity contribution in [3.8, 4) is 0 Å². The van der Waals surface area contributed by atoms with Crippen molar-refractivity contribution in [3.05, 3.63) is 72.3 Å². The zero-order valence-electron chi connectivity index (χ0n) is 24.3. The minimum atomic E-state index is -1.95. The minimum absolute atomic E-state index is 1.04. The van der Waals surface area contributed by atoms with Crippen molar-refractivity contribution in [1.82, 2.24) is 18.7 Å². The third-order valence-electron chi connectivity index (χ3n) is 7.40. The second-order valence-corrected chi connectivity index (χ2v) is 15.3. The molecule has 0 heterocycles. The van der Waals surface area contributed by atoms with Crippen LogP contribution in [0.4, 0.5) is 0 Å². The average Bonchev–Trinajstić information content (AvgIpc) is 2.94. The Bertz CT molecular complexity index is 777. The first-order valence-corrected chi connectivity index (χ1v) is 17.6. The molecule has 0 amide bonds. The number of hydrogen-bond donors (Lipinski definition) is 0. The van der Waals surface area contributed by atoms with Crippen molar-refractivity contribution >= 4 is 25.7 Å². The molecule has 4 nitrogen and oxygen atoms in total. The van der Waals surface area contributed by atoms with Gasteiger partial charge in [-0.25, -0.2) is 0 Å². The first-order valence-electron chi connectivity index (χ1n) is 14.1. The van der Waals surface area contributed by atoms with E-state index in [1.807, 2.05) is 0 Å². The van der Waals surface area contributed by atoms with Crippen LogP contribution < -0.4 is 10.6 Å². The van der Waals surface area contributed by atoms with Crippen molar-refractivity contribution in [1.29, 1.82) is 0 Å². The Kier molecular flexibility index (Phi) is 13.2. The monoisotopic (exact) mass is 530 g/mol. The van der Waals surface area contributed by atoms with Gasteiger partial charge in [0.1, 0.15) is 22.2 Å². The van der Waals surface area contributed by atoms with Gasteiger partial charge in [-0.15, -0.1) is 0 Å². The first kappa shape index (κ1) is 31.1. The van der Waals surface area contributed by atoms with E-state index in [2.05, 4.69) is 146 Å². The lowest BCUT2D eigenvalue weighted by Gasteiger charge is -2.42. The maximum Gasteiger partial charge on any atom is 0.214 e. The van der Waals surface area contributed by atoms with Gasteiger partial charge in [0, 0.05) is 52.4 Å². The summed E-state index contributed by atoms with van der Waals surface area (Å²) in [5.74, 6) is 5.39. The Morgan fingerprint density at radius 1 is 0.417 bits per heavy atom. The van der Waals surface area contributed by atoms with E-state index in [0.29, 0.717) is 0 Å². The van der Waals surface area contributed by atoms with Gasteiger partial charge in [0.05, 0.1) is 0 Å². The summed E-state index contributed by atoms with van der Waals surface area (Å²) < 4.78 is 11.0. The van der Waals surface area contributed by atoms with E-state index in [-0.39, 0.29) is 0 Å². The van der Waals surface area contributed by atoms with Crippen LogP contribution in [0, 0.1) is 0 Å². The van der Waals surface area contributed by atoms with Gasteiger partial charge in [-0.3, -0.25) is 0 Å². The summed E-state index contributed by atoms with van der Waals surface area (Å²) >= 11 is 0. The molecule has 0 atom stereocenters. The Balaban J connectivity index is 2.99. The second kappa shape index (κ2) is 15.3. The van der Waals surface area contributed by atoms with Crippen LogP contribution in [0.5, 0.6) is 0 Å². The molecule has 0 unspecified atom stereocenters. The van der Waals surface area contributed by atoms with Crippen LogP contribution in [0.25, 0.3) is 0 Å². The van der Waals surface area contributed by atoms with Gasteiger partial charge in [0.15, 0.2) is 0 Å². The van der Waals surface area contributed by atoms with E-state index in [4.69, 9.17) is 0 Å². The predicted molar refractivity (Wildman–Crippen MR) is 167 cm³/mol. The van der Waals surface area contributed by atoms with Crippen molar-refractivity contribution in [3.63, 3.8) is 0 Å². The fraction of sp³-hybridized carbons (Fsp3) is 0.533. The summed E-state index contributed by atoms with van der Waals surface area (Å²) in [6.07, 6.45) is 0. The molecule has 0 N–H and O–H groups in total. The molecule has 0 saturated carbocycles. The smallest absolute Gasteiger partial charge is 0.155 e. The molecule has 0 spiro atoms. The molecular weight excluding hydrogens is 478 g/mol. The molecule has 200 valence electrons. The van der Waals surface area contributed by atoms with Gasteiger partial charge >= 0.3 is 0 Å². The van der Waals surface area contributed by atoms with Crippen molar-refractivity contribution in [2.45, 2.75) is 55.4 Å². The van der Waals surface area contributed by atoms with Crippen molar-refractivity contribution < 1.29 is 0 Å². The predicted octanol–water partition coefficient (Wildman–Crippen LogP) is 7.17. The third-order valence-corrected chi connectivity index (χ3v) is 16.6. The molecule has 36 heavy (non-hydrogen) atoms. The van der Waals surface area contributed by atoms with Crippen LogP contribution >= 0.6 is 15.1 Å². The van der Waals surface area contributed by atoms with Gasteiger partial charge in [-0.1, -0.05) is 36.4 Å². The standard InChI is InChI=1S/C30H52N4P2/c1-9-31(10-2)35(32(11-3)12-4,29-23-19-17-20-24-29)27-28-36(33(13-5)14-6,34(15-7)16-8)30-25-21-18-22-26-30/h17-28H,9-16H2,1-8H3/q+2/b28-27+. The van der Waals surface area contributed by atoms with Gasteiger partial charge in [-0.05, 0) is 79.7 Å². The summed E-state index contributed by atoms with van der Waals surface area (Å²) in [5.41, 5.74) is 0. The molecule has 0 aliphatic rings. The lowest BCUT2D eigenvalue weighted by atomic mass is 10.4. The first-order chi connectivity index (χ1) is 17.5. The average molecular weight is 531 g/mol. The highest BCUT2D eigenvalue weighted by Crippen LogP contribution is 2.71. The molecule has 2 aromatic rings. The molecule has 0 radical (unpaired) electrons. The lowest BCUT2D eigenvalue weighted by molar-refractivity contribution is 0.417. The van der Waals surface area contributed by atoms with E-state index in [0.717, 1.165) is 52.4 Å². The molecule has 2 aromatic carbocycles. The van der Waals surface area contributed by atoms with Gasteiger partial charge in [0.2, 0.25) is 15.1 Å². The molecular formula is C30H52N4P2+2. The Morgan fingerprint density at radius 3 is 0.833 bits per heavy atom. The van der Waals surface area contributed by atoms with Crippen molar-refractivity contribution in [2.75, 3.05) is 52.4 Å². The Morgan fingerprint density at radius 2 is 0.639 bits per heavy atom. The van der Waals surface area contributed by atoms with Crippen LogP contribution in [0.15, 0.2) is 72.3 Å². The fourth-order valence-electron chi connectivity index (χ4n) is 5.66. The van der Waals surface area contributed by atoms with Gasteiger partial charge in [0.25, 0.3) is 0 Å². The third kappa shape index (κ3) is 6.12. The molecule has 0 saturated heterocycles. The van der Waals surface area contributed by atoms with Crippen LogP contribution in [-0.2, 0) is 0 Å². The molecule has 0 bridgehead atoms. The quantitative estimate of drug-likeness (QED) is 0.213. The largest absolute Gasteiger partial charge is 0.214 e. The number of benzene rings is 2. The summed E-state index contributed by atoms with van der Waals surface area (Å²) in [6, 6.07) is 22.7. The van der Waals surface area contributed by atoms with E-state index < -0.39 is 15.1 Å². The molecule has 0 fully saturated rings. The fourth-order valence-corrected chi connectivity index (χ4v) is 14.9. The number of hydrogen-bond acceptors (Lipinski definition) is 4. The molecule has 0 aliphatic heterocycles. The zero-order chi connectivity index (χ0) is 26.6. The van der Waals surface area contributed by atoms with Gasteiger partial charge < -0.3 is 0 Å². The highest BCUT2D eigenvalue weighted by molar-refractivity contribution is 7.85. The van der Waals surface area contributed by atoms with Crippen LogP contribution in [0.2, 0.25) is 0 Å². The normalized spacial score (nSPS) is 13.1. The summed E-state index contributed by atoms with van der Waals surface area (Å²) in [4.78, 5) is 0. The van der Waals surface area contributed by atoms with Crippen molar-refractivity contribution in [2.24, 2.45) is 0 Å². The number of nitrogens with zero attached hydrogens (tertiary/aromatic N) is 4. The Hall–Kier alpha value is -1.12. The number of rotatable bonds is 16. The highest BCUT2D eigenvalue weighted by atomic mass is 31.2. The molecule has 0 aliphatic carbocycles. The lowest BCUT2D eigenvalue weighted by Crippen LogP contribution is -2.42. The zero-order valence-corrected chi connectivity index (χ0v) is 26.1. The molecule has 2 rings (SSSR count). The topological polar surface area (TPSA) is 13.0 Å². The minimum Gasteiger partial charge on any atom is -0.155 e. The molecule has 0 aromatic heterocycles. The SMILES string of the molecule is CCN(CC)[P+](/C=C/[P+](c1ccccc1)(N(CC)CC)N(CC)CC)(c1ccccc1)N(CC)CC. The Labute approximate surface area is 224 Å². The maximum atomic E-state index is 2.75. The van der Waals surface area contributed by atoms with E-state index in [1.165, 1.54) is 10.6 Å². The van der Waals surface area contributed by atoms with E-state index in [9.17, 15) is 0 Å². The summed E-state index contributed by atoms with van der Waals surface area (Å²) in [5, 5.41) is 2.91. The van der Waals surface area contributed by atoms with Crippen LogP contribution in [-0.4, -0.2) is 71.0 Å².